The Morgan fingerprint density at radius 2 is 1.82 bits per heavy atom. The van der Waals surface area contributed by atoms with Crippen LogP contribution in [0.5, 0.6) is 0 Å². The van der Waals surface area contributed by atoms with E-state index in [0.717, 1.165) is 18.4 Å². The fourth-order valence-electron chi connectivity index (χ4n) is 4.13. The molecule has 0 radical (unpaired) electrons. The van der Waals surface area contributed by atoms with Crippen LogP contribution in [-0.4, -0.2) is 17.6 Å². The molecule has 176 valence electrons. The van der Waals surface area contributed by atoms with E-state index in [0.29, 0.717) is 11.3 Å². The Hall–Kier alpha value is -3.12. The number of unbranched alkanes of at least 4 members (excludes halogenated alkanes) is 3. The lowest BCUT2D eigenvalue weighted by Gasteiger charge is -2.25. The van der Waals surface area contributed by atoms with Gasteiger partial charge < -0.3 is 5.32 Å². The van der Waals surface area contributed by atoms with Crippen molar-refractivity contribution in [1.82, 2.24) is 0 Å². The highest BCUT2D eigenvalue weighted by Crippen LogP contribution is 2.43. The number of para-hydroxylation sites is 1. The summed E-state index contributed by atoms with van der Waals surface area (Å²) in [5.41, 5.74) is 3.58. The Kier molecular flexibility index (Phi) is 8.01. The van der Waals surface area contributed by atoms with Crippen LogP contribution in [0.3, 0.4) is 0 Å². The van der Waals surface area contributed by atoms with Crippen molar-refractivity contribution >= 4 is 35.0 Å². The Labute approximate surface area is 204 Å². The smallest absolute Gasteiger partial charge is 0.255 e. The van der Waals surface area contributed by atoms with Gasteiger partial charge in [0.2, 0.25) is 5.91 Å². The number of nitrogens with one attached hydrogen (secondary N) is 1. The van der Waals surface area contributed by atoms with E-state index in [1.54, 1.807) is 18.2 Å². The highest BCUT2D eigenvalue weighted by Gasteiger charge is 2.35. The lowest BCUT2D eigenvalue weighted by atomic mass is 10.0. The molecule has 1 aliphatic rings. The number of benzene rings is 3. The molecule has 2 amide bonds. The summed E-state index contributed by atoms with van der Waals surface area (Å²) >= 11 is 1.45. The van der Waals surface area contributed by atoms with Crippen molar-refractivity contribution in [2.24, 2.45) is 0 Å². The van der Waals surface area contributed by atoms with Crippen molar-refractivity contribution in [2.45, 2.75) is 44.4 Å². The lowest BCUT2D eigenvalue weighted by Crippen LogP contribution is -2.28. The average Bonchev–Trinajstić information content (AvgIpc) is 3.24. The SMILES string of the molecule is CCCCCCc1ccc(C(=O)Nc2cccc([C@@H]3SCC(=O)N3c3ccccc3F)c2)cc1. The normalized spacial score (nSPS) is 15.5. The number of halogens is 1. The molecule has 1 saturated heterocycles. The number of aryl methyl sites for hydroxylation is 1. The van der Waals surface area contributed by atoms with Crippen LogP contribution in [0.4, 0.5) is 15.8 Å². The first-order chi connectivity index (χ1) is 16.6. The molecular formula is C28H29FN2O2S. The summed E-state index contributed by atoms with van der Waals surface area (Å²) in [6.45, 7) is 2.20. The van der Waals surface area contributed by atoms with Gasteiger partial charge in [0.1, 0.15) is 11.2 Å². The van der Waals surface area contributed by atoms with E-state index < -0.39 is 5.82 Å². The molecule has 3 aromatic carbocycles. The van der Waals surface area contributed by atoms with Gasteiger partial charge in [0.15, 0.2) is 0 Å². The third-order valence-electron chi connectivity index (χ3n) is 5.94. The highest BCUT2D eigenvalue weighted by molar-refractivity contribution is 8.00. The minimum atomic E-state index is -0.429. The number of carbonyl (C=O) groups is 2. The zero-order valence-corrected chi connectivity index (χ0v) is 20.1. The maximum Gasteiger partial charge on any atom is 0.255 e. The van der Waals surface area contributed by atoms with Crippen LogP contribution in [0.15, 0.2) is 72.8 Å². The minimum Gasteiger partial charge on any atom is -0.322 e. The third-order valence-corrected chi connectivity index (χ3v) is 7.16. The second-order valence-corrected chi connectivity index (χ2v) is 9.53. The molecule has 1 N–H and O–H groups in total. The maximum absolute atomic E-state index is 14.4. The first kappa shape index (κ1) is 24.0. The van der Waals surface area contributed by atoms with Gasteiger partial charge in [-0.25, -0.2) is 4.39 Å². The molecule has 1 atom stereocenters. The molecule has 0 spiro atoms. The lowest BCUT2D eigenvalue weighted by molar-refractivity contribution is -0.115. The van der Waals surface area contributed by atoms with Crippen molar-refractivity contribution in [3.05, 3.63) is 95.3 Å². The molecule has 4 rings (SSSR count). The third kappa shape index (κ3) is 5.68. The molecule has 6 heteroatoms. The van der Waals surface area contributed by atoms with Gasteiger partial charge in [-0.1, -0.05) is 62.6 Å². The molecule has 0 aliphatic carbocycles. The molecule has 0 bridgehead atoms. The molecule has 1 heterocycles. The number of anilines is 2. The van der Waals surface area contributed by atoms with E-state index in [2.05, 4.69) is 12.2 Å². The van der Waals surface area contributed by atoms with Gasteiger partial charge in [0, 0.05) is 11.3 Å². The van der Waals surface area contributed by atoms with Crippen LogP contribution in [0.2, 0.25) is 0 Å². The van der Waals surface area contributed by atoms with Crippen molar-refractivity contribution in [3.63, 3.8) is 0 Å². The molecule has 0 saturated carbocycles. The number of amides is 2. The summed E-state index contributed by atoms with van der Waals surface area (Å²) < 4.78 is 14.4. The first-order valence-corrected chi connectivity index (χ1v) is 12.8. The fraction of sp³-hybridized carbons (Fsp3) is 0.286. The van der Waals surface area contributed by atoms with Gasteiger partial charge in [-0.15, -0.1) is 11.8 Å². The second kappa shape index (κ2) is 11.3. The predicted molar refractivity (Wildman–Crippen MR) is 138 cm³/mol. The van der Waals surface area contributed by atoms with E-state index in [1.165, 1.54) is 47.6 Å². The zero-order chi connectivity index (χ0) is 23.9. The van der Waals surface area contributed by atoms with Crippen molar-refractivity contribution in [1.29, 1.82) is 0 Å². The zero-order valence-electron chi connectivity index (χ0n) is 19.3. The van der Waals surface area contributed by atoms with Gasteiger partial charge in [-0.3, -0.25) is 14.5 Å². The fourth-order valence-corrected chi connectivity index (χ4v) is 5.29. The molecule has 4 nitrogen and oxygen atoms in total. The van der Waals surface area contributed by atoms with Crippen molar-refractivity contribution < 1.29 is 14.0 Å². The number of hydrogen-bond acceptors (Lipinski definition) is 3. The van der Waals surface area contributed by atoms with Crippen LogP contribution >= 0.6 is 11.8 Å². The number of thioether (sulfide) groups is 1. The summed E-state index contributed by atoms with van der Waals surface area (Å²) in [6.07, 6.45) is 5.90. The standard InChI is InChI=1S/C28H29FN2O2S/c1-2-3-4-5-9-20-14-16-21(17-15-20)27(33)30-23-11-8-10-22(18-23)28-31(26(32)19-34-28)25-13-7-6-12-24(25)29/h6-8,10-18,28H,2-5,9,19H2,1H3,(H,30,33)/t28-/m0/s1. The molecule has 34 heavy (non-hydrogen) atoms. The molecule has 3 aromatic rings. The summed E-state index contributed by atoms with van der Waals surface area (Å²) in [4.78, 5) is 26.9. The Bertz CT molecular complexity index is 1150. The van der Waals surface area contributed by atoms with E-state index in [9.17, 15) is 14.0 Å². The average molecular weight is 477 g/mol. The predicted octanol–water partition coefficient (Wildman–Crippen LogP) is 6.98. The van der Waals surface area contributed by atoms with Crippen molar-refractivity contribution in [3.8, 4) is 0 Å². The number of carbonyl (C=O) groups excluding carboxylic acids is 2. The van der Waals surface area contributed by atoms with Gasteiger partial charge in [0.05, 0.1) is 11.4 Å². The Balaban J connectivity index is 1.45. The first-order valence-electron chi connectivity index (χ1n) is 11.7. The molecular weight excluding hydrogens is 447 g/mol. The minimum absolute atomic E-state index is 0.135. The second-order valence-electron chi connectivity index (χ2n) is 8.47. The largest absolute Gasteiger partial charge is 0.322 e. The van der Waals surface area contributed by atoms with Gasteiger partial charge in [-0.05, 0) is 60.4 Å². The van der Waals surface area contributed by atoms with E-state index in [1.807, 2.05) is 48.5 Å². The Morgan fingerprint density at radius 3 is 2.59 bits per heavy atom. The van der Waals surface area contributed by atoms with Gasteiger partial charge >= 0.3 is 0 Å². The van der Waals surface area contributed by atoms with E-state index >= 15 is 0 Å². The molecule has 0 aromatic heterocycles. The van der Waals surface area contributed by atoms with Gasteiger partial charge in [-0.2, -0.15) is 0 Å². The number of hydrogen-bond donors (Lipinski definition) is 1. The highest BCUT2D eigenvalue weighted by atomic mass is 32.2. The van der Waals surface area contributed by atoms with Crippen LogP contribution < -0.4 is 10.2 Å². The van der Waals surface area contributed by atoms with Crippen molar-refractivity contribution in [2.75, 3.05) is 16.0 Å². The molecule has 1 aliphatic heterocycles. The van der Waals surface area contributed by atoms with Crippen LogP contribution in [0.25, 0.3) is 0 Å². The molecule has 1 fully saturated rings. The summed E-state index contributed by atoms with van der Waals surface area (Å²) in [5, 5.41) is 2.60. The van der Waals surface area contributed by atoms with Crippen LogP contribution in [0, 0.1) is 5.82 Å². The summed E-state index contributed by atoms with van der Waals surface area (Å²) in [5.74, 6) is -0.470. The van der Waals surface area contributed by atoms with Crippen LogP contribution in [-0.2, 0) is 11.2 Å². The number of nitrogens with zero attached hydrogens (tertiary/aromatic N) is 1. The molecule has 0 unspecified atom stereocenters. The summed E-state index contributed by atoms with van der Waals surface area (Å²) in [7, 11) is 0. The monoisotopic (exact) mass is 476 g/mol. The van der Waals surface area contributed by atoms with Crippen LogP contribution in [0.1, 0.15) is 59.5 Å². The van der Waals surface area contributed by atoms with E-state index in [4.69, 9.17) is 0 Å². The maximum atomic E-state index is 14.4. The quantitative estimate of drug-likeness (QED) is 0.339. The Morgan fingerprint density at radius 1 is 1.03 bits per heavy atom. The number of rotatable bonds is 9. The van der Waals surface area contributed by atoms with E-state index in [-0.39, 0.29) is 28.6 Å². The van der Waals surface area contributed by atoms with Gasteiger partial charge in [0.25, 0.3) is 5.91 Å². The summed E-state index contributed by atoms with van der Waals surface area (Å²) in [6, 6.07) is 21.5. The topological polar surface area (TPSA) is 49.4 Å².